The molecule has 16 heavy (non-hydrogen) atoms. The van der Waals surface area contributed by atoms with Crippen molar-refractivity contribution in [2.45, 2.75) is 39.8 Å². The number of nitrogens with zero attached hydrogens (tertiary/aromatic N) is 3. The fraction of sp³-hybridized carbons (Fsp3) is 0.750. The first-order valence-corrected chi connectivity index (χ1v) is 6.21. The molecule has 1 aromatic heterocycles. The third kappa shape index (κ3) is 3.32. The van der Waals surface area contributed by atoms with Gasteiger partial charge in [0.2, 0.25) is 0 Å². The maximum Gasteiger partial charge on any atom is 0.125 e. The van der Waals surface area contributed by atoms with Crippen LogP contribution in [0.2, 0.25) is 0 Å². The summed E-state index contributed by atoms with van der Waals surface area (Å²) in [7, 11) is 0. The van der Waals surface area contributed by atoms with Crippen molar-refractivity contribution in [2.75, 3.05) is 19.6 Å². The Bertz CT molecular complexity index is 291. The fourth-order valence-corrected chi connectivity index (χ4v) is 1.91. The standard InChI is InChI=1S/C12H24N4/c1-4-15(5-2)9-7-11(13)12-14-8-10-16(12)6-3/h8,10-11H,4-7,9,13H2,1-3H3. The van der Waals surface area contributed by atoms with E-state index in [1.54, 1.807) is 0 Å². The van der Waals surface area contributed by atoms with Crippen molar-refractivity contribution in [1.29, 1.82) is 0 Å². The lowest BCUT2D eigenvalue weighted by Crippen LogP contribution is -2.28. The number of rotatable bonds is 7. The van der Waals surface area contributed by atoms with E-state index in [1.807, 2.05) is 12.4 Å². The number of nitrogens with two attached hydrogens (primary N) is 1. The molecule has 1 unspecified atom stereocenters. The van der Waals surface area contributed by atoms with Gasteiger partial charge in [-0.2, -0.15) is 0 Å². The van der Waals surface area contributed by atoms with E-state index in [4.69, 9.17) is 5.73 Å². The molecule has 1 heterocycles. The highest BCUT2D eigenvalue weighted by atomic mass is 15.1. The van der Waals surface area contributed by atoms with Crippen LogP contribution in [0.4, 0.5) is 0 Å². The van der Waals surface area contributed by atoms with Gasteiger partial charge in [0.1, 0.15) is 5.82 Å². The largest absolute Gasteiger partial charge is 0.334 e. The summed E-state index contributed by atoms with van der Waals surface area (Å²) in [6, 6.07) is 0.0514. The Morgan fingerprint density at radius 2 is 2.06 bits per heavy atom. The van der Waals surface area contributed by atoms with E-state index in [2.05, 4.69) is 35.2 Å². The Labute approximate surface area is 98.5 Å². The number of imidazole rings is 1. The summed E-state index contributed by atoms with van der Waals surface area (Å²) in [4.78, 5) is 6.72. The highest BCUT2D eigenvalue weighted by Crippen LogP contribution is 2.12. The molecular weight excluding hydrogens is 200 g/mol. The molecule has 0 amide bonds. The minimum atomic E-state index is 0.0514. The van der Waals surface area contributed by atoms with Crippen LogP contribution in [0.25, 0.3) is 0 Å². The van der Waals surface area contributed by atoms with Gasteiger partial charge in [-0.3, -0.25) is 0 Å². The normalized spacial score (nSPS) is 13.3. The highest BCUT2D eigenvalue weighted by Gasteiger charge is 2.12. The summed E-state index contributed by atoms with van der Waals surface area (Å²) in [6.07, 6.45) is 4.79. The van der Waals surface area contributed by atoms with Gasteiger partial charge >= 0.3 is 0 Å². The topological polar surface area (TPSA) is 47.1 Å². The average molecular weight is 224 g/mol. The van der Waals surface area contributed by atoms with Gasteiger partial charge in [-0.05, 0) is 26.4 Å². The minimum absolute atomic E-state index is 0.0514. The van der Waals surface area contributed by atoms with E-state index in [9.17, 15) is 0 Å². The predicted molar refractivity (Wildman–Crippen MR) is 67.2 cm³/mol. The monoisotopic (exact) mass is 224 g/mol. The third-order valence-electron chi connectivity index (χ3n) is 3.07. The lowest BCUT2D eigenvalue weighted by molar-refractivity contribution is 0.288. The van der Waals surface area contributed by atoms with E-state index < -0.39 is 0 Å². The maximum atomic E-state index is 6.16. The Morgan fingerprint density at radius 1 is 1.38 bits per heavy atom. The first-order chi connectivity index (χ1) is 7.72. The van der Waals surface area contributed by atoms with Gasteiger partial charge < -0.3 is 15.2 Å². The molecule has 0 saturated heterocycles. The molecule has 0 bridgehead atoms. The molecule has 0 spiro atoms. The van der Waals surface area contributed by atoms with Crippen LogP contribution >= 0.6 is 0 Å². The lowest BCUT2D eigenvalue weighted by atomic mass is 10.2. The number of aromatic nitrogens is 2. The predicted octanol–water partition coefficient (Wildman–Crippen LogP) is 1.63. The third-order valence-corrected chi connectivity index (χ3v) is 3.07. The van der Waals surface area contributed by atoms with Crippen molar-refractivity contribution < 1.29 is 0 Å². The second-order valence-corrected chi connectivity index (χ2v) is 3.99. The smallest absolute Gasteiger partial charge is 0.125 e. The van der Waals surface area contributed by atoms with Crippen LogP contribution in [-0.2, 0) is 6.54 Å². The minimum Gasteiger partial charge on any atom is -0.334 e. The van der Waals surface area contributed by atoms with Crippen molar-refractivity contribution in [3.63, 3.8) is 0 Å². The van der Waals surface area contributed by atoms with Crippen molar-refractivity contribution >= 4 is 0 Å². The average Bonchev–Trinajstić information content (AvgIpc) is 2.78. The first kappa shape index (κ1) is 13.2. The van der Waals surface area contributed by atoms with Crippen LogP contribution in [0.15, 0.2) is 12.4 Å². The van der Waals surface area contributed by atoms with Gasteiger partial charge in [-0.1, -0.05) is 13.8 Å². The second kappa shape index (κ2) is 6.66. The van der Waals surface area contributed by atoms with E-state index in [1.165, 1.54) is 0 Å². The van der Waals surface area contributed by atoms with Gasteiger partial charge in [0.05, 0.1) is 6.04 Å². The zero-order valence-corrected chi connectivity index (χ0v) is 10.7. The van der Waals surface area contributed by atoms with Crippen LogP contribution in [0, 0.1) is 0 Å². The summed E-state index contributed by atoms with van der Waals surface area (Å²) in [5, 5.41) is 0. The van der Waals surface area contributed by atoms with Crippen molar-refractivity contribution in [3.05, 3.63) is 18.2 Å². The molecule has 0 fully saturated rings. The summed E-state index contributed by atoms with van der Waals surface area (Å²) in [5.74, 6) is 1.01. The molecule has 1 atom stereocenters. The zero-order chi connectivity index (χ0) is 12.0. The van der Waals surface area contributed by atoms with Gasteiger partial charge in [-0.15, -0.1) is 0 Å². The van der Waals surface area contributed by atoms with Crippen LogP contribution < -0.4 is 5.73 Å². The molecule has 92 valence electrons. The number of hydrogen-bond donors (Lipinski definition) is 1. The van der Waals surface area contributed by atoms with E-state index >= 15 is 0 Å². The molecule has 0 aliphatic carbocycles. The molecule has 0 aliphatic rings. The Kier molecular flexibility index (Phi) is 5.49. The molecule has 0 aliphatic heterocycles. The van der Waals surface area contributed by atoms with Crippen molar-refractivity contribution in [1.82, 2.24) is 14.5 Å². The zero-order valence-electron chi connectivity index (χ0n) is 10.7. The molecule has 1 rings (SSSR count). The molecule has 4 nitrogen and oxygen atoms in total. The second-order valence-electron chi connectivity index (χ2n) is 3.99. The molecule has 1 aromatic rings. The van der Waals surface area contributed by atoms with Crippen LogP contribution in [0.5, 0.6) is 0 Å². The summed E-state index contributed by atoms with van der Waals surface area (Å²) >= 11 is 0. The molecule has 0 radical (unpaired) electrons. The molecule has 0 saturated carbocycles. The fourth-order valence-electron chi connectivity index (χ4n) is 1.91. The Hall–Kier alpha value is -0.870. The van der Waals surface area contributed by atoms with Crippen LogP contribution in [0.3, 0.4) is 0 Å². The van der Waals surface area contributed by atoms with E-state index in [0.717, 1.165) is 38.4 Å². The van der Waals surface area contributed by atoms with E-state index in [0.29, 0.717) is 0 Å². The van der Waals surface area contributed by atoms with Gasteiger partial charge in [0.15, 0.2) is 0 Å². The van der Waals surface area contributed by atoms with Gasteiger partial charge in [0, 0.05) is 25.5 Å². The van der Waals surface area contributed by atoms with Crippen molar-refractivity contribution in [2.24, 2.45) is 5.73 Å². The Morgan fingerprint density at radius 3 is 2.62 bits per heavy atom. The quantitative estimate of drug-likeness (QED) is 0.766. The van der Waals surface area contributed by atoms with Crippen LogP contribution in [0.1, 0.15) is 39.1 Å². The van der Waals surface area contributed by atoms with Gasteiger partial charge in [0.25, 0.3) is 0 Å². The Balaban J connectivity index is 2.49. The SMILES string of the molecule is CCN(CC)CCC(N)c1nccn1CC. The number of aryl methyl sites for hydroxylation is 1. The highest BCUT2D eigenvalue weighted by molar-refractivity contribution is 4.98. The summed E-state index contributed by atoms with van der Waals surface area (Å²) in [5.41, 5.74) is 6.16. The van der Waals surface area contributed by atoms with Gasteiger partial charge in [-0.25, -0.2) is 4.98 Å². The lowest BCUT2D eigenvalue weighted by Gasteiger charge is -2.20. The van der Waals surface area contributed by atoms with E-state index in [-0.39, 0.29) is 6.04 Å². The summed E-state index contributed by atoms with van der Waals surface area (Å²) in [6.45, 7) is 10.6. The van der Waals surface area contributed by atoms with Crippen LogP contribution in [-0.4, -0.2) is 34.1 Å². The maximum absolute atomic E-state index is 6.16. The molecule has 4 heteroatoms. The summed E-state index contributed by atoms with van der Waals surface area (Å²) < 4.78 is 2.12. The first-order valence-electron chi connectivity index (χ1n) is 6.21. The number of hydrogen-bond acceptors (Lipinski definition) is 3. The molecule has 2 N–H and O–H groups in total. The molecule has 0 aromatic carbocycles. The van der Waals surface area contributed by atoms with Crippen molar-refractivity contribution in [3.8, 4) is 0 Å². The molecular formula is C12H24N4.